The highest BCUT2D eigenvalue weighted by Gasteiger charge is 2.12. The fourth-order valence-corrected chi connectivity index (χ4v) is 1.32. The number of hydrogen-bond acceptors (Lipinski definition) is 2. The van der Waals surface area contributed by atoms with Gasteiger partial charge in [-0.15, -0.1) is 0 Å². The van der Waals surface area contributed by atoms with Gasteiger partial charge in [0.15, 0.2) is 5.78 Å². The first kappa shape index (κ1) is 9.71. The highest BCUT2D eigenvalue weighted by atomic mass is 16.1. The first-order valence-corrected chi connectivity index (χ1v) is 4.30. The first-order chi connectivity index (χ1) is 6.09. The minimum atomic E-state index is -0.149. The Morgan fingerprint density at radius 3 is 2.77 bits per heavy atom. The molecular formula is C10H13NO2. The molecule has 0 bridgehead atoms. The number of allylic oxidation sites excluding steroid dienone is 2. The molecule has 3 heteroatoms. The molecule has 3 nitrogen and oxygen atoms in total. The minimum absolute atomic E-state index is 0.118. The van der Waals surface area contributed by atoms with E-state index in [0.717, 1.165) is 18.4 Å². The van der Waals surface area contributed by atoms with Crippen LogP contribution in [-0.2, 0) is 9.59 Å². The zero-order valence-corrected chi connectivity index (χ0v) is 7.72. The van der Waals surface area contributed by atoms with Crippen molar-refractivity contribution in [1.29, 1.82) is 0 Å². The fourth-order valence-electron chi connectivity index (χ4n) is 1.32. The molecule has 0 saturated heterocycles. The third-order valence-corrected chi connectivity index (χ3v) is 1.92. The van der Waals surface area contributed by atoms with Crippen molar-refractivity contribution < 1.29 is 9.59 Å². The molecule has 0 aromatic heterocycles. The van der Waals surface area contributed by atoms with Crippen molar-refractivity contribution in [1.82, 2.24) is 5.32 Å². The summed E-state index contributed by atoms with van der Waals surface area (Å²) >= 11 is 0. The predicted octanol–water partition coefficient (Wildman–Crippen LogP) is 1.32. The molecule has 0 aliphatic heterocycles. The highest BCUT2D eigenvalue weighted by molar-refractivity contribution is 5.92. The van der Waals surface area contributed by atoms with E-state index in [4.69, 9.17) is 0 Å². The van der Waals surface area contributed by atoms with Gasteiger partial charge in [-0.1, -0.05) is 6.58 Å². The Labute approximate surface area is 77.5 Å². The van der Waals surface area contributed by atoms with Gasteiger partial charge in [0.25, 0.3) is 0 Å². The molecule has 0 atom stereocenters. The van der Waals surface area contributed by atoms with Gasteiger partial charge in [0.1, 0.15) is 0 Å². The quantitative estimate of drug-likeness (QED) is 0.694. The lowest BCUT2D eigenvalue weighted by Gasteiger charge is -2.14. The summed E-state index contributed by atoms with van der Waals surface area (Å²) in [4.78, 5) is 21.7. The van der Waals surface area contributed by atoms with Gasteiger partial charge in [-0.2, -0.15) is 0 Å². The zero-order chi connectivity index (χ0) is 9.84. The molecule has 0 unspecified atom stereocenters. The van der Waals surface area contributed by atoms with E-state index in [0.29, 0.717) is 12.1 Å². The van der Waals surface area contributed by atoms with Crippen molar-refractivity contribution in [3.8, 4) is 0 Å². The maximum Gasteiger partial charge on any atom is 0.221 e. The molecule has 70 valence electrons. The van der Waals surface area contributed by atoms with Crippen LogP contribution in [0, 0.1) is 0 Å². The molecule has 1 amide bonds. The Hall–Kier alpha value is -1.38. The minimum Gasteiger partial charge on any atom is -0.327 e. The first-order valence-electron chi connectivity index (χ1n) is 4.30. The summed E-state index contributed by atoms with van der Waals surface area (Å²) in [5.41, 5.74) is 1.41. The molecule has 0 fully saturated rings. The van der Waals surface area contributed by atoms with Gasteiger partial charge in [0, 0.05) is 19.0 Å². The number of hydrogen-bond donors (Lipinski definition) is 1. The van der Waals surface area contributed by atoms with Gasteiger partial charge >= 0.3 is 0 Å². The molecule has 0 heterocycles. The van der Waals surface area contributed by atoms with Crippen molar-refractivity contribution in [2.45, 2.75) is 26.2 Å². The Morgan fingerprint density at radius 1 is 1.54 bits per heavy atom. The summed E-state index contributed by atoms with van der Waals surface area (Å²) in [6.45, 7) is 5.13. The van der Waals surface area contributed by atoms with E-state index >= 15 is 0 Å². The van der Waals surface area contributed by atoms with Crippen LogP contribution in [0.2, 0.25) is 0 Å². The maximum absolute atomic E-state index is 11.0. The Kier molecular flexibility index (Phi) is 3.01. The second kappa shape index (κ2) is 4.03. The molecule has 0 aromatic rings. The van der Waals surface area contributed by atoms with Crippen LogP contribution in [0.25, 0.3) is 0 Å². The summed E-state index contributed by atoms with van der Waals surface area (Å²) in [6, 6.07) is 0. The normalized spacial score (nSPS) is 16.4. The summed E-state index contributed by atoms with van der Waals surface area (Å²) < 4.78 is 0. The third kappa shape index (κ3) is 2.86. The van der Waals surface area contributed by atoms with Gasteiger partial charge in [0.2, 0.25) is 5.91 Å². The number of carbonyl (C=O) groups excluding carboxylic acids is 2. The fraction of sp³-hybridized carbons (Fsp3) is 0.400. The summed E-state index contributed by atoms with van der Waals surface area (Å²) in [6.07, 6.45) is 3.85. The van der Waals surface area contributed by atoms with E-state index in [2.05, 4.69) is 11.9 Å². The smallest absolute Gasteiger partial charge is 0.221 e. The molecule has 0 spiro atoms. The van der Waals surface area contributed by atoms with Crippen LogP contribution >= 0.6 is 0 Å². The van der Waals surface area contributed by atoms with Crippen LogP contribution < -0.4 is 5.32 Å². The third-order valence-electron chi connectivity index (χ3n) is 1.92. The lowest BCUT2D eigenvalue weighted by atomic mass is 9.97. The van der Waals surface area contributed by atoms with Crippen molar-refractivity contribution in [2.75, 3.05) is 0 Å². The molecule has 0 radical (unpaired) electrons. The van der Waals surface area contributed by atoms with Gasteiger partial charge in [0.05, 0.1) is 0 Å². The van der Waals surface area contributed by atoms with Crippen LogP contribution in [-0.4, -0.2) is 11.7 Å². The van der Waals surface area contributed by atoms with E-state index in [-0.39, 0.29) is 11.7 Å². The monoisotopic (exact) mass is 179 g/mol. The predicted molar refractivity (Wildman–Crippen MR) is 49.9 cm³/mol. The molecule has 13 heavy (non-hydrogen) atoms. The Morgan fingerprint density at radius 2 is 2.23 bits per heavy atom. The Balaban J connectivity index is 2.65. The van der Waals surface area contributed by atoms with Gasteiger partial charge in [-0.3, -0.25) is 9.59 Å². The second-order valence-electron chi connectivity index (χ2n) is 3.15. The van der Waals surface area contributed by atoms with Crippen molar-refractivity contribution >= 4 is 11.7 Å². The number of amides is 1. The Bertz CT molecular complexity index is 289. The lowest BCUT2D eigenvalue weighted by molar-refractivity contribution is -0.118. The highest BCUT2D eigenvalue weighted by Crippen LogP contribution is 2.19. The number of rotatable bonds is 2. The van der Waals surface area contributed by atoms with Gasteiger partial charge in [-0.05, 0) is 24.5 Å². The summed E-state index contributed by atoms with van der Waals surface area (Å²) in [7, 11) is 0. The van der Waals surface area contributed by atoms with E-state index in [9.17, 15) is 9.59 Å². The number of carbonyl (C=O) groups is 2. The van der Waals surface area contributed by atoms with E-state index in [1.54, 1.807) is 6.08 Å². The number of nitrogens with one attached hydrogen (secondary N) is 1. The molecule has 1 aliphatic carbocycles. The van der Waals surface area contributed by atoms with Crippen LogP contribution in [0.15, 0.2) is 23.9 Å². The molecular weight excluding hydrogens is 166 g/mol. The van der Waals surface area contributed by atoms with Gasteiger partial charge < -0.3 is 5.32 Å². The zero-order valence-electron chi connectivity index (χ0n) is 7.72. The largest absolute Gasteiger partial charge is 0.327 e. The molecule has 0 saturated carbocycles. The van der Waals surface area contributed by atoms with Crippen molar-refractivity contribution in [2.24, 2.45) is 0 Å². The average molecular weight is 179 g/mol. The number of ketones is 1. The van der Waals surface area contributed by atoms with Crippen LogP contribution in [0.1, 0.15) is 26.2 Å². The maximum atomic E-state index is 11.0. The summed E-state index contributed by atoms with van der Waals surface area (Å²) in [5.74, 6) is -0.0309. The SMILES string of the molecule is C=C(NC(C)=O)C1=CC(=O)CCC1. The van der Waals surface area contributed by atoms with E-state index < -0.39 is 0 Å². The van der Waals surface area contributed by atoms with Gasteiger partial charge in [-0.25, -0.2) is 0 Å². The van der Waals surface area contributed by atoms with Crippen LogP contribution in [0.3, 0.4) is 0 Å². The molecule has 1 N–H and O–H groups in total. The summed E-state index contributed by atoms with van der Waals surface area (Å²) in [5, 5.41) is 2.58. The van der Waals surface area contributed by atoms with Crippen LogP contribution in [0.4, 0.5) is 0 Å². The second-order valence-corrected chi connectivity index (χ2v) is 3.15. The van der Waals surface area contributed by atoms with Crippen molar-refractivity contribution in [3.05, 3.63) is 23.9 Å². The lowest BCUT2D eigenvalue weighted by Crippen LogP contribution is -2.21. The van der Waals surface area contributed by atoms with E-state index in [1.165, 1.54) is 6.92 Å². The van der Waals surface area contributed by atoms with Crippen LogP contribution in [0.5, 0.6) is 0 Å². The topological polar surface area (TPSA) is 46.2 Å². The van der Waals surface area contributed by atoms with E-state index in [1.807, 2.05) is 0 Å². The average Bonchev–Trinajstić information content (AvgIpc) is 2.03. The molecule has 1 rings (SSSR count). The van der Waals surface area contributed by atoms with Crippen molar-refractivity contribution in [3.63, 3.8) is 0 Å². The standard InChI is InChI=1S/C10H13NO2/c1-7(11-8(2)12)9-4-3-5-10(13)6-9/h6H,1,3-5H2,2H3,(H,11,12). The molecule has 0 aromatic carbocycles. The molecule has 1 aliphatic rings.